The molecule has 2 heterocycles. The van der Waals surface area contributed by atoms with Crippen LogP contribution in [0.25, 0.3) is 10.9 Å². The van der Waals surface area contributed by atoms with E-state index in [0.29, 0.717) is 36.1 Å². The number of aryl methyl sites for hydroxylation is 2. The van der Waals surface area contributed by atoms with Crippen LogP contribution in [0.15, 0.2) is 6.07 Å². The lowest BCUT2D eigenvalue weighted by atomic mass is 9.81. The molecule has 1 fully saturated rings. The molecule has 0 bridgehead atoms. The second kappa shape index (κ2) is 7.73. The number of aromatic amines is 1. The van der Waals surface area contributed by atoms with E-state index in [1.54, 1.807) is 20.8 Å². The number of amides is 1. The highest BCUT2D eigenvalue weighted by atomic mass is 19.1. The van der Waals surface area contributed by atoms with Crippen molar-refractivity contribution in [3.63, 3.8) is 0 Å². The predicted molar refractivity (Wildman–Crippen MR) is 118 cm³/mol. The lowest BCUT2D eigenvalue weighted by Crippen LogP contribution is -2.54. The first-order chi connectivity index (χ1) is 14.2. The van der Waals surface area contributed by atoms with Crippen molar-refractivity contribution in [2.75, 3.05) is 18.0 Å². The number of fused-ring (bicyclic) bond motifs is 1. The van der Waals surface area contributed by atoms with Crippen molar-refractivity contribution in [3.05, 3.63) is 28.7 Å². The minimum Gasteiger partial charge on any atom is -0.478 e. The number of carbonyl (C=O) groups is 2. The fourth-order valence-electron chi connectivity index (χ4n) is 4.47. The number of aromatic nitrogens is 1. The summed E-state index contributed by atoms with van der Waals surface area (Å²) >= 11 is 0. The Balaban J connectivity index is 2.03. The van der Waals surface area contributed by atoms with Crippen LogP contribution in [0.3, 0.4) is 0 Å². The van der Waals surface area contributed by atoms with Gasteiger partial charge in [-0.25, -0.2) is 14.0 Å². The molecule has 1 atom stereocenters. The first-order valence-electron chi connectivity index (χ1n) is 10.5. The molecule has 0 saturated carbocycles. The van der Waals surface area contributed by atoms with E-state index in [-0.39, 0.29) is 17.0 Å². The van der Waals surface area contributed by atoms with Crippen molar-refractivity contribution >= 4 is 28.7 Å². The SMILES string of the molecule is Cc1[nH]c2c(C(=O)O)cc(F)c(N3CC(NC(=O)OC(C)(C)C)CC(C)(C)C3)c2c1C. The quantitative estimate of drug-likeness (QED) is 0.649. The minimum atomic E-state index is -1.18. The van der Waals surface area contributed by atoms with Crippen molar-refractivity contribution in [1.29, 1.82) is 0 Å². The molecule has 0 radical (unpaired) electrons. The molecule has 0 aliphatic carbocycles. The Morgan fingerprint density at radius 1 is 1.32 bits per heavy atom. The second-order valence-electron chi connectivity index (χ2n) is 10.3. The zero-order chi connectivity index (χ0) is 23.3. The van der Waals surface area contributed by atoms with Gasteiger partial charge in [-0.1, -0.05) is 13.8 Å². The van der Waals surface area contributed by atoms with Crippen molar-refractivity contribution in [1.82, 2.24) is 10.3 Å². The van der Waals surface area contributed by atoms with Gasteiger partial charge in [0.1, 0.15) is 11.4 Å². The van der Waals surface area contributed by atoms with E-state index in [9.17, 15) is 14.7 Å². The summed E-state index contributed by atoms with van der Waals surface area (Å²) in [4.78, 5) is 29.1. The molecule has 7 nitrogen and oxygen atoms in total. The van der Waals surface area contributed by atoms with E-state index < -0.39 is 23.5 Å². The number of alkyl carbamates (subject to hydrolysis) is 1. The number of ether oxygens (including phenoxy) is 1. The van der Waals surface area contributed by atoms with Crippen LogP contribution in [0.4, 0.5) is 14.9 Å². The molecule has 1 unspecified atom stereocenters. The Bertz CT molecular complexity index is 1040. The summed E-state index contributed by atoms with van der Waals surface area (Å²) in [6, 6.07) is 0.834. The van der Waals surface area contributed by atoms with Gasteiger partial charge in [0.15, 0.2) is 0 Å². The van der Waals surface area contributed by atoms with Gasteiger partial charge in [-0.05, 0) is 58.1 Å². The van der Waals surface area contributed by atoms with Crippen LogP contribution in [-0.4, -0.2) is 46.9 Å². The number of anilines is 1. The molecule has 31 heavy (non-hydrogen) atoms. The smallest absolute Gasteiger partial charge is 0.407 e. The number of rotatable bonds is 3. The van der Waals surface area contributed by atoms with E-state index in [0.717, 1.165) is 17.3 Å². The average molecular weight is 434 g/mol. The van der Waals surface area contributed by atoms with Crippen LogP contribution in [0.1, 0.15) is 62.7 Å². The number of aromatic carboxylic acids is 1. The maximum absolute atomic E-state index is 15.3. The first-order valence-corrected chi connectivity index (χ1v) is 10.5. The van der Waals surface area contributed by atoms with Gasteiger partial charge in [0.2, 0.25) is 0 Å². The standard InChI is InChI=1S/C23H32FN3O4/c1-12-13(2)25-18-15(20(28)29)8-16(24)19(17(12)18)27-10-14(9-23(6,7)11-27)26-21(30)31-22(3,4)5/h8,14,25H,9-11H2,1-7H3,(H,26,30)(H,28,29). The number of nitrogens with zero attached hydrogens (tertiary/aromatic N) is 1. The van der Waals surface area contributed by atoms with Crippen LogP contribution in [0.5, 0.6) is 0 Å². The Morgan fingerprint density at radius 3 is 2.55 bits per heavy atom. The van der Waals surface area contributed by atoms with Gasteiger partial charge in [0.25, 0.3) is 0 Å². The van der Waals surface area contributed by atoms with Crippen molar-refractivity contribution in [2.45, 2.75) is 66.5 Å². The lowest BCUT2D eigenvalue weighted by molar-refractivity contribution is 0.0484. The topological polar surface area (TPSA) is 94.7 Å². The maximum atomic E-state index is 15.3. The molecule has 1 aliphatic heterocycles. The summed E-state index contributed by atoms with van der Waals surface area (Å²) in [6.07, 6.45) is 0.210. The first kappa shape index (κ1) is 22.9. The average Bonchev–Trinajstić information content (AvgIpc) is 2.86. The molecular weight excluding hydrogens is 401 g/mol. The van der Waals surface area contributed by atoms with Gasteiger partial charge in [-0.3, -0.25) is 0 Å². The monoisotopic (exact) mass is 433 g/mol. The van der Waals surface area contributed by atoms with E-state index >= 15 is 4.39 Å². The summed E-state index contributed by atoms with van der Waals surface area (Å²) in [7, 11) is 0. The van der Waals surface area contributed by atoms with Crippen LogP contribution in [-0.2, 0) is 4.74 Å². The molecule has 1 aromatic carbocycles. The number of carboxylic acid groups (broad SMARTS) is 1. The molecule has 3 N–H and O–H groups in total. The number of hydrogen-bond donors (Lipinski definition) is 3. The molecule has 1 saturated heterocycles. The molecular formula is C23H32FN3O4. The number of carboxylic acids is 1. The van der Waals surface area contributed by atoms with Gasteiger partial charge in [-0.15, -0.1) is 0 Å². The number of benzene rings is 1. The third-order valence-electron chi connectivity index (χ3n) is 5.63. The highest BCUT2D eigenvalue weighted by Gasteiger charge is 2.36. The number of piperidine rings is 1. The summed E-state index contributed by atoms with van der Waals surface area (Å²) in [5.41, 5.74) is 1.48. The highest BCUT2D eigenvalue weighted by Crippen LogP contribution is 2.40. The maximum Gasteiger partial charge on any atom is 0.407 e. The van der Waals surface area contributed by atoms with Gasteiger partial charge >= 0.3 is 12.1 Å². The number of nitrogens with one attached hydrogen (secondary N) is 2. The number of halogens is 1. The van der Waals surface area contributed by atoms with E-state index in [4.69, 9.17) is 4.74 Å². The molecule has 0 spiro atoms. The van der Waals surface area contributed by atoms with Crippen molar-refractivity contribution in [3.8, 4) is 0 Å². The predicted octanol–water partition coefficient (Wildman–Crippen LogP) is 4.75. The van der Waals surface area contributed by atoms with Gasteiger partial charge in [0, 0.05) is 24.2 Å². The third-order valence-corrected chi connectivity index (χ3v) is 5.63. The minimum absolute atomic E-state index is 0.0906. The summed E-state index contributed by atoms with van der Waals surface area (Å²) in [5, 5.41) is 13.1. The number of carbonyl (C=O) groups excluding carboxylic acids is 1. The highest BCUT2D eigenvalue weighted by molar-refractivity contribution is 6.08. The molecule has 3 rings (SSSR count). The molecule has 2 aromatic rings. The molecule has 170 valence electrons. The second-order valence-corrected chi connectivity index (χ2v) is 10.3. The fourth-order valence-corrected chi connectivity index (χ4v) is 4.47. The summed E-state index contributed by atoms with van der Waals surface area (Å²) in [5.74, 6) is -1.76. The van der Waals surface area contributed by atoms with E-state index in [1.165, 1.54) is 0 Å². The van der Waals surface area contributed by atoms with Crippen LogP contribution in [0.2, 0.25) is 0 Å². The summed E-state index contributed by atoms with van der Waals surface area (Å²) < 4.78 is 20.7. The Kier molecular flexibility index (Phi) is 5.71. The largest absolute Gasteiger partial charge is 0.478 e. The zero-order valence-corrected chi connectivity index (χ0v) is 19.3. The molecule has 8 heteroatoms. The molecule has 1 aliphatic rings. The van der Waals surface area contributed by atoms with Crippen LogP contribution >= 0.6 is 0 Å². The Hall–Kier alpha value is -2.77. The number of hydrogen-bond acceptors (Lipinski definition) is 4. The lowest BCUT2D eigenvalue weighted by Gasteiger charge is -2.44. The zero-order valence-electron chi connectivity index (χ0n) is 19.3. The van der Waals surface area contributed by atoms with Crippen molar-refractivity contribution in [2.24, 2.45) is 5.41 Å². The van der Waals surface area contributed by atoms with Gasteiger partial charge in [0.05, 0.1) is 22.8 Å². The van der Waals surface area contributed by atoms with E-state index in [1.807, 2.05) is 18.7 Å². The van der Waals surface area contributed by atoms with E-state index in [2.05, 4.69) is 24.1 Å². The number of H-pyrrole nitrogens is 1. The summed E-state index contributed by atoms with van der Waals surface area (Å²) in [6.45, 7) is 14.2. The molecule has 1 amide bonds. The van der Waals surface area contributed by atoms with Gasteiger partial charge < -0.3 is 25.0 Å². The third kappa shape index (κ3) is 4.78. The fraction of sp³-hybridized carbons (Fsp3) is 0.565. The Labute approximate surface area is 181 Å². The van der Waals surface area contributed by atoms with Gasteiger partial charge in [-0.2, -0.15) is 0 Å². The van der Waals surface area contributed by atoms with Crippen molar-refractivity contribution < 1.29 is 23.8 Å². The van der Waals surface area contributed by atoms with Crippen LogP contribution < -0.4 is 10.2 Å². The normalized spacial score (nSPS) is 18.8. The molecule has 1 aromatic heterocycles. The van der Waals surface area contributed by atoms with Crippen LogP contribution in [0, 0.1) is 25.1 Å². The Morgan fingerprint density at radius 2 is 1.97 bits per heavy atom.